The van der Waals surface area contributed by atoms with Gasteiger partial charge in [-0.05, 0) is 35.9 Å². The Bertz CT molecular complexity index is 1480. The highest BCUT2D eigenvalue weighted by molar-refractivity contribution is 5.92. The van der Waals surface area contributed by atoms with Crippen LogP contribution in [0.3, 0.4) is 0 Å². The molecule has 5 aromatic rings. The number of phenolic OH excluding ortho intramolecular Hbond substituents is 1. The van der Waals surface area contributed by atoms with Crippen LogP contribution in [0.4, 0.5) is 0 Å². The zero-order valence-electron chi connectivity index (χ0n) is 15.3. The standard InChI is InChI=1S/C23H16N4O2/c28-14-7-5-6-13(12-14)20-19-15-8-1-3-10-17(15)24-21(19)22-25-18-11-4-2-9-16(18)23(29)27(22)26-20/h1-12,20,24,26,28H. The fraction of sp³-hybridized carbons (Fsp3) is 0.0435. The van der Waals surface area contributed by atoms with Gasteiger partial charge in [-0.1, -0.05) is 42.5 Å². The van der Waals surface area contributed by atoms with Gasteiger partial charge in [0.25, 0.3) is 5.56 Å². The van der Waals surface area contributed by atoms with E-state index in [0.29, 0.717) is 16.7 Å². The molecule has 0 bridgehead atoms. The maximum absolute atomic E-state index is 13.2. The number of H-pyrrole nitrogens is 1. The summed E-state index contributed by atoms with van der Waals surface area (Å²) in [6.45, 7) is 0. The second-order valence-corrected chi connectivity index (χ2v) is 7.21. The molecule has 29 heavy (non-hydrogen) atoms. The van der Waals surface area contributed by atoms with Gasteiger partial charge >= 0.3 is 0 Å². The number of aromatic nitrogens is 3. The molecular formula is C23H16N4O2. The van der Waals surface area contributed by atoms with E-state index in [9.17, 15) is 9.90 Å². The summed E-state index contributed by atoms with van der Waals surface area (Å²) in [6.07, 6.45) is 0. The smallest absolute Gasteiger partial charge is 0.280 e. The highest BCUT2D eigenvalue weighted by Crippen LogP contribution is 2.40. The van der Waals surface area contributed by atoms with Crippen LogP contribution in [-0.4, -0.2) is 19.8 Å². The summed E-state index contributed by atoms with van der Waals surface area (Å²) in [5.74, 6) is 0.733. The quantitative estimate of drug-likeness (QED) is 0.412. The van der Waals surface area contributed by atoms with Gasteiger partial charge in [-0.15, -0.1) is 0 Å². The van der Waals surface area contributed by atoms with E-state index in [1.165, 1.54) is 4.68 Å². The first-order valence-electron chi connectivity index (χ1n) is 9.39. The van der Waals surface area contributed by atoms with Gasteiger partial charge in [-0.25, -0.2) is 9.66 Å². The normalized spacial score (nSPS) is 15.1. The Labute approximate surface area is 165 Å². The third kappa shape index (κ3) is 2.23. The molecule has 6 heteroatoms. The molecule has 0 radical (unpaired) electrons. The zero-order valence-corrected chi connectivity index (χ0v) is 15.3. The number of aromatic hydroxyl groups is 1. The second-order valence-electron chi connectivity index (χ2n) is 7.21. The minimum Gasteiger partial charge on any atom is -0.508 e. The van der Waals surface area contributed by atoms with Gasteiger partial charge in [0.2, 0.25) is 0 Å². The van der Waals surface area contributed by atoms with Gasteiger partial charge in [0, 0.05) is 16.5 Å². The third-order valence-electron chi connectivity index (χ3n) is 5.50. The Balaban J connectivity index is 1.73. The zero-order chi connectivity index (χ0) is 19.5. The predicted molar refractivity (Wildman–Crippen MR) is 113 cm³/mol. The van der Waals surface area contributed by atoms with Crippen LogP contribution >= 0.6 is 0 Å². The first-order valence-corrected chi connectivity index (χ1v) is 9.39. The number of hydrogen-bond acceptors (Lipinski definition) is 4. The summed E-state index contributed by atoms with van der Waals surface area (Å²) in [5.41, 5.74) is 7.50. The number of hydrogen-bond donors (Lipinski definition) is 3. The number of phenols is 1. The van der Waals surface area contributed by atoms with E-state index in [1.54, 1.807) is 24.3 Å². The van der Waals surface area contributed by atoms with Crippen LogP contribution in [0.25, 0.3) is 33.3 Å². The van der Waals surface area contributed by atoms with E-state index in [2.05, 4.69) is 16.5 Å². The molecular weight excluding hydrogens is 364 g/mol. The molecule has 6 rings (SSSR count). The summed E-state index contributed by atoms with van der Waals surface area (Å²) < 4.78 is 1.51. The number of aromatic amines is 1. The molecule has 0 aliphatic carbocycles. The van der Waals surface area contributed by atoms with Crippen LogP contribution < -0.4 is 11.0 Å². The number of fused-ring (bicyclic) bond motifs is 6. The van der Waals surface area contributed by atoms with Crippen molar-refractivity contribution in [1.82, 2.24) is 14.6 Å². The van der Waals surface area contributed by atoms with E-state index in [-0.39, 0.29) is 17.4 Å². The predicted octanol–water partition coefficient (Wildman–Crippen LogP) is 3.90. The molecule has 0 amide bonds. The van der Waals surface area contributed by atoms with Gasteiger partial charge < -0.3 is 15.5 Å². The molecule has 0 spiro atoms. The first kappa shape index (κ1) is 15.9. The molecule has 1 aliphatic rings. The number of rotatable bonds is 1. The first-order chi connectivity index (χ1) is 14.2. The Morgan fingerprint density at radius 3 is 2.59 bits per heavy atom. The Hall–Kier alpha value is -4.06. The van der Waals surface area contributed by atoms with Crippen LogP contribution in [0, 0.1) is 0 Å². The van der Waals surface area contributed by atoms with Crippen LogP contribution in [-0.2, 0) is 0 Å². The maximum Gasteiger partial charge on any atom is 0.280 e. The highest BCUT2D eigenvalue weighted by Gasteiger charge is 2.31. The maximum atomic E-state index is 13.2. The minimum atomic E-state index is -0.318. The van der Waals surface area contributed by atoms with Crippen molar-refractivity contribution in [2.24, 2.45) is 0 Å². The highest BCUT2D eigenvalue weighted by atomic mass is 16.3. The molecule has 2 aromatic heterocycles. The third-order valence-corrected chi connectivity index (χ3v) is 5.50. The fourth-order valence-corrected chi connectivity index (χ4v) is 4.20. The fourth-order valence-electron chi connectivity index (χ4n) is 4.20. The second kappa shape index (κ2) is 5.72. The summed E-state index contributed by atoms with van der Waals surface area (Å²) in [6, 6.07) is 22.1. The van der Waals surface area contributed by atoms with Crippen molar-refractivity contribution in [2.75, 3.05) is 5.43 Å². The average molecular weight is 380 g/mol. The molecule has 1 unspecified atom stereocenters. The number of benzene rings is 3. The van der Waals surface area contributed by atoms with E-state index < -0.39 is 0 Å². The van der Waals surface area contributed by atoms with E-state index in [1.807, 2.05) is 42.5 Å². The van der Waals surface area contributed by atoms with Crippen molar-refractivity contribution in [3.63, 3.8) is 0 Å². The SMILES string of the molecule is O=c1c2ccccc2nc2n1NC(c1cccc(O)c1)c1c-2[nH]c2ccccc12. The van der Waals surface area contributed by atoms with Crippen molar-refractivity contribution in [2.45, 2.75) is 6.04 Å². The molecule has 0 saturated heterocycles. The monoisotopic (exact) mass is 380 g/mol. The Morgan fingerprint density at radius 2 is 1.72 bits per heavy atom. The van der Waals surface area contributed by atoms with Crippen LogP contribution in [0.5, 0.6) is 5.75 Å². The molecule has 3 heterocycles. The molecule has 6 nitrogen and oxygen atoms in total. The molecule has 0 saturated carbocycles. The van der Waals surface area contributed by atoms with Crippen molar-refractivity contribution in [3.8, 4) is 17.3 Å². The van der Waals surface area contributed by atoms with Gasteiger partial charge in [0.05, 0.1) is 22.6 Å². The van der Waals surface area contributed by atoms with Crippen LogP contribution in [0.1, 0.15) is 17.2 Å². The van der Waals surface area contributed by atoms with Gasteiger partial charge in [0.1, 0.15) is 5.75 Å². The lowest BCUT2D eigenvalue weighted by atomic mass is 9.94. The Morgan fingerprint density at radius 1 is 0.931 bits per heavy atom. The van der Waals surface area contributed by atoms with Gasteiger partial charge in [0.15, 0.2) is 5.82 Å². The number of para-hydroxylation sites is 2. The summed E-state index contributed by atoms with van der Waals surface area (Å²) in [5, 5.41) is 11.6. The van der Waals surface area contributed by atoms with Crippen molar-refractivity contribution in [3.05, 3.63) is 94.3 Å². The molecule has 3 aromatic carbocycles. The molecule has 3 N–H and O–H groups in total. The number of nitrogens with one attached hydrogen (secondary N) is 2. The lowest BCUT2D eigenvalue weighted by Crippen LogP contribution is -2.37. The molecule has 140 valence electrons. The van der Waals surface area contributed by atoms with E-state index in [0.717, 1.165) is 27.7 Å². The van der Waals surface area contributed by atoms with Gasteiger partial charge in [-0.2, -0.15) is 0 Å². The molecule has 1 aliphatic heterocycles. The van der Waals surface area contributed by atoms with Gasteiger partial charge in [-0.3, -0.25) is 4.79 Å². The van der Waals surface area contributed by atoms with Crippen molar-refractivity contribution >= 4 is 21.8 Å². The Kier molecular flexibility index (Phi) is 3.14. The number of nitrogens with zero attached hydrogens (tertiary/aromatic N) is 2. The van der Waals surface area contributed by atoms with Crippen molar-refractivity contribution in [1.29, 1.82) is 0 Å². The van der Waals surface area contributed by atoms with E-state index >= 15 is 0 Å². The summed E-state index contributed by atoms with van der Waals surface area (Å²) in [7, 11) is 0. The van der Waals surface area contributed by atoms with Crippen LogP contribution in [0.2, 0.25) is 0 Å². The average Bonchev–Trinajstić information content (AvgIpc) is 3.14. The lowest BCUT2D eigenvalue weighted by Gasteiger charge is -2.29. The van der Waals surface area contributed by atoms with Crippen LogP contribution in [0.15, 0.2) is 77.6 Å². The summed E-state index contributed by atoms with van der Waals surface area (Å²) >= 11 is 0. The largest absolute Gasteiger partial charge is 0.508 e. The topological polar surface area (TPSA) is 82.9 Å². The summed E-state index contributed by atoms with van der Waals surface area (Å²) in [4.78, 5) is 21.5. The molecule has 0 fully saturated rings. The minimum absolute atomic E-state index is 0.153. The van der Waals surface area contributed by atoms with E-state index in [4.69, 9.17) is 4.98 Å². The lowest BCUT2D eigenvalue weighted by molar-refractivity contribution is 0.474. The van der Waals surface area contributed by atoms with Crippen molar-refractivity contribution < 1.29 is 5.11 Å². The molecule has 1 atom stereocenters.